The molecule has 0 fully saturated rings. The number of carbonyl (C=O) groups is 1. The van der Waals surface area contributed by atoms with Gasteiger partial charge in [-0.2, -0.15) is 5.10 Å². The lowest BCUT2D eigenvalue weighted by Crippen LogP contribution is -2.25. The summed E-state index contributed by atoms with van der Waals surface area (Å²) in [6.07, 6.45) is 0.823. The van der Waals surface area contributed by atoms with Crippen molar-refractivity contribution < 1.29 is 4.79 Å². The van der Waals surface area contributed by atoms with E-state index < -0.39 is 0 Å². The third kappa shape index (κ3) is 4.06. The highest BCUT2D eigenvalue weighted by Crippen LogP contribution is 2.23. The third-order valence-corrected chi connectivity index (χ3v) is 5.10. The van der Waals surface area contributed by atoms with Crippen molar-refractivity contribution in [3.63, 3.8) is 0 Å². The number of thioether (sulfide) groups is 1. The largest absolute Gasteiger partial charge is 0.272 e. The molecule has 0 atom stereocenters. The normalized spacial score (nSPS) is 14.1. The lowest BCUT2D eigenvalue weighted by molar-refractivity contribution is -0.127. The van der Waals surface area contributed by atoms with Crippen molar-refractivity contribution in [2.75, 3.05) is 12.3 Å². The molecular weight excluding hydrogens is 316 g/mol. The molecule has 24 heavy (non-hydrogen) atoms. The van der Waals surface area contributed by atoms with Gasteiger partial charge in [0.15, 0.2) is 0 Å². The minimum absolute atomic E-state index is 0.0684. The Bertz CT molecular complexity index is 723. The fourth-order valence-electron chi connectivity index (χ4n) is 2.64. The number of carbonyl (C=O) groups excluding carboxylic acids is 1. The van der Waals surface area contributed by atoms with Gasteiger partial charge in [-0.3, -0.25) is 4.79 Å². The topological polar surface area (TPSA) is 32.7 Å². The van der Waals surface area contributed by atoms with Crippen LogP contribution in [0.3, 0.4) is 0 Å². The van der Waals surface area contributed by atoms with Gasteiger partial charge in [0.25, 0.3) is 5.91 Å². The minimum atomic E-state index is 0.0684. The molecule has 2 aromatic carbocycles. The number of hydrazone groups is 1. The number of hydrogen-bond donors (Lipinski definition) is 0. The second-order valence-corrected chi connectivity index (χ2v) is 7.24. The molecule has 0 spiro atoms. The second-order valence-electron chi connectivity index (χ2n) is 6.19. The fraction of sp³-hybridized carbons (Fsp3) is 0.300. The quantitative estimate of drug-likeness (QED) is 0.750. The molecular formula is C20H22N2OS. The van der Waals surface area contributed by atoms with Gasteiger partial charge in [0.2, 0.25) is 0 Å². The van der Waals surface area contributed by atoms with Crippen molar-refractivity contribution in [1.29, 1.82) is 0 Å². The van der Waals surface area contributed by atoms with Gasteiger partial charge in [0.1, 0.15) is 0 Å². The number of hydrogen-bond acceptors (Lipinski definition) is 3. The molecule has 0 saturated heterocycles. The Labute approximate surface area is 147 Å². The van der Waals surface area contributed by atoms with Crippen molar-refractivity contribution >= 4 is 23.4 Å². The maximum absolute atomic E-state index is 12.4. The summed E-state index contributed by atoms with van der Waals surface area (Å²) in [6.45, 7) is 5.04. The molecule has 1 aliphatic heterocycles. The Hall–Kier alpha value is -2.07. The minimum Gasteiger partial charge on any atom is -0.272 e. The van der Waals surface area contributed by atoms with E-state index in [1.165, 1.54) is 5.56 Å². The highest BCUT2D eigenvalue weighted by molar-refractivity contribution is 8.00. The molecule has 1 heterocycles. The molecule has 124 valence electrons. The predicted octanol–water partition coefficient (Wildman–Crippen LogP) is 4.54. The zero-order chi connectivity index (χ0) is 16.9. The molecule has 0 aromatic heterocycles. The second kappa shape index (κ2) is 7.67. The van der Waals surface area contributed by atoms with Crippen molar-refractivity contribution in [1.82, 2.24) is 5.01 Å². The first-order valence-corrected chi connectivity index (χ1v) is 9.28. The highest BCUT2D eigenvalue weighted by atomic mass is 32.2. The molecule has 0 N–H and O–H groups in total. The fourth-order valence-corrected chi connectivity index (χ4v) is 3.41. The van der Waals surface area contributed by atoms with Crippen LogP contribution in [0, 0.1) is 0 Å². The summed E-state index contributed by atoms with van der Waals surface area (Å²) in [7, 11) is 0. The van der Waals surface area contributed by atoms with E-state index in [1.807, 2.05) is 30.3 Å². The van der Waals surface area contributed by atoms with Gasteiger partial charge < -0.3 is 0 Å². The Kier molecular flexibility index (Phi) is 5.36. The smallest absolute Gasteiger partial charge is 0.253 e. The van der Waals surface area contributed by atoms with Crippen LogP contribution in [-0.2, 0) is 4.79 Å². The Morgan fingerprint density at radius 3 is 2.50 bits per heavy atom. The van der Waals surface area contributed by atoms with Gasteiger partial charge in [0.05, 0.1) is 18.0 Å². The molecule has 0 bridgehead atoms. The molecule has 3 rings (SSSR count). The number of amides is 1. The van der Waals surface area contributed by atoms with Gasteiger partial charge in [-0.1, -0.05) is 56.3 Å². The van der Waals surface area contributed by atoms with E-state index in [0.717, 1.165) is 22.6 Å². The molecule has 1 aliphatic rings. The van der Waals surface area contributed by atoms with Crippen molar-refractivity contribution in [3.05, 3.63) is 65.7 Å². The summed E-state index contributed by atoms with van der Waals surface area (Å²) in [5.74, 6) is 1.02. The highest BCUT2D eigenvalue weighted by Gasteiger charge is 2.21. The lowest BCUT2D eigenvalue weighted by atomic mass is 10.0. The van der Waals surface area contributed by atoms with Gasteiger partial charge in [-0.15, -0.1) is 11.8 Å². The Balaban J connectivity index is 1.57. The van der Waals surface area contributed by atoms with Crippen molar-refractivity contribution in [3.8, 4) is 0 Å². The number of nitrogens with zero attached hydrogens (tertiary/aromatic N) is 2. The van der Waals surface area contributed by atoms with Crippen LogP contribution in [0.2, 0.25) is 0 Å². The first kappa shape index (κ1) is 16.8. The summed E-state index contributed by atoms with van der Waals surface area (Å²) in [6, 6.07) is 18.5. The van der Waals surface area contributed by atoms with Crippen molar-refractivity contribution in [2.45, 2.75) is 31.1 Å². The third-order valence-electron chi connectivity index (χ3n) is 4.11. The van der Waals surface area contributed by atoms with Gasteiger partial charge >= 0.3 is 0 Å². The van der Waals surface area contributed by atoms with Gasteiger partial charge in [-0.25, -0.2) is 5.01 Å². The van der Waals surface area contributed by atoms with Crippen molar-refractivity contribution in [2.24, 2.45) is 5.10 Å². The van der Waals surface area contributed by atoms with Crippen LogP contribution in [0.4, 0.5) is 0 Å². The zero-order valence-corrected chi connectivity index (χ0v) is 14.9. The van der Waals surface area contributed by atoms with E-state index in [9.17, 15) is 4.79 Å². The molecule has 2 aromatic rings. The zero-order valence-electron chi connectivity index (χ0n) is 14.1. The SMILES string of the molecule is CC(C)c1ccc(SCC(=O)N2CCC(c3ccccc3)=N2)cc1. The van der Waals surface area contributed by atoms with E-state index in [4.69, 9.17) is 0 Å². The maximum atomic E-state index is 12.4. The average molecular weight is 338 g/mol. The van der Waals surface area contributed by atoms with Crippen LogP contribution < -0.4 is 0 Å². The molecule has 0 saturated carbocycles. The summed E-state index contributed by atoms with van der Waals surface area (Å²) in [5.41, 5.74) is 3.42. The summed E-state index contributed by atoms with van der Waals surface area (Å²) in [5, 5.41) is 6.10. The standard InChI is InChI=1S/C20H22N2OS/c1-15(2)16-8-10-18(11-9-16)24-14-20(23)22-13-12-19(21-22)17-6-4-3-5-7-17/h3-11,15H,12-14H2,1-2H3. The van der Waals surface area contributed by atoms with Crippen LogP contribution >= 0.6 is 11.8 Å². The van der Waals surface area contributed by atoms with Crippen LogP contribution in [0.15, 0.2) is 64.6 Å². The first-order chi connectivity index (χ1) is 11.6. The Morgan fingerprint density at radius 2 is 1.83 bits per heavy atom. The summed E-state index contributed by atoms with van der Waals surface area (Å²) >= 11 is 1.57. The monoisotopic (exact) mass is 338 g/mol. The average Bonchev–Trinajstić information content (AvgIpc) is 3.11. The summed E-state index contributed by atoms with van der Waals surface area (Å²) < 4.78 is 0. The first-order valence-electron chi connectivity index (χ1n) is 8.29. The van der Waals surface area contributed by atoms with Gasteiger partial charge in [0, 0.05) is 11.3 Å². The summed E-state index contributed by atoms with van der Waals surface area (Å²) in [4.78, 5) is 13.5. The van der Waals surface area contributed by atoms with Crippen LogP contribution in [0.5, 0.6) is 0 Å². The molecule has 0 unspecified atom stereocenters. The number of benzene rings is 2. The molecule has 0 radical (unpaired) electrons. The molecule has 0 aliphatic carbocycles. The lowest BCUT2D eigenvalue weighted by Gasteiger charge is -2.11. The van der Waals surface area contributed by atoms with Crippen LogP contribution in [0.1, 0.15) is 37.3 Å². The van der Waals surface area contributed by atoms with E-state index >= 15 is 0 Å². The van der Waals surface area contributed by atoms with E-state index in [0.29, 0.717) is 18.2 Å². The Morgan fingerprint density at radius 1 is 1.12 bits per heavy atom. The van der Waals surface area contributed by atoms with E-state index in [2.05, 4.69) is 43.2 Å². The molecule has 1 amide bonds. The van der Waals surface area contributed by atoms with E-state index in [1.54, 1.807) is 16.8 Å². The van der Waals surface area contributed by atoms with Gasteiger partial charge in [-0.05, 0) is 29.2 Å². The number of rotatable bonds is 5. The van der Waals surface area contributed by atoms with Crippen LogP contribution in [0.25, 0.3) is 0 Å². The van der Waals surface area contributed by atoms with E-state index in [-0.39, 0.29) is 5.91 Å². The predicted molar refractivity (Wildman–Crippen MR) is 101 cm³/mol. The molecule has 3 nitrogen and oxygen atoms in total. The molecule has 4 heteroatoms. The maximum Gasteiger partial charge on any atom is 0.253 e. The van der Waals surface area contributed by atoms with Crippen LogP contribution in [-0.4, -0.2) is 28.9 Å².